The van der Waals surface area contributed by atoms with Gasteiger partial charge in [0.15, 0.2) is 5.69 Å². The normalized spacial score (nSPS) is 15.7. The molecule has 0 unspecified atom stereocenters. The first-order valence-corrected chi connectivity index (χ1v) is 8.91. The molecule has 0 atom stereocenters. The summed E-state index contributed by atoms with van der Waals surface area (Å²) < 4.78 is 40.7. The Balaban J connectivity index is 1.66. The van der Waals surface area contributed by atoms with E-state index in [9.17, 15) is 13.2 Å². The summed E-state index contributed by atoms with van der Waals surface area (Å²) in [4.78, 5) is 9.63. The van der Waals surface area contributed by atoms with Crippen molar-refractivity contribution in [2.75, 3.05) is 23.3 Å². The van der Waals surface area contributed by atoms with Gasteiger partial charge in [-0.25, -0.2) is 4.98 Å². The van der Waals surface area contributed by atoms with Gasteiger partial charge in [0.25, 0.3) is 5.78 Å². The third kappa shape index (κ3) is 3.81. The molecule has 27 heavy (non-hydrogen) atoms. The molecule has 4 rings (SSSR count). The van der Waals surface area contributed by atoms with E-state index in [4.69, 9.17) is 0 Å². The van der Waals surface area contributed by atoms with E-state index in [-0.39, 0.29) is 11.6 Å². The summed E-state index contributed by atoms with van der Waals surface area (Å²) in [5.41, 5.74) is 0.740. The van der Waals surface area contributed by atoms with Crippen molar-refractivity contribution in [3.05, 3.63) is 42.4 Å². The molecular weight excluding hydrogens is 357 g/mol. The van der Waals surface area contributed by atoms with Crippen molar-refractivity contribution in [3.63, 3.8) is 0 Å². The Hall–Kier alpha value is -2.84. The fraction of sp³-hybridized carbons (Fsp3) is 0.389. The van der Waals surface area contributed by atoms with Gasteiger partial charge in [0.2, 0.25) is 0 Å². The molecule has 6 nitrogen and oxygen atoms in total. The lowest BCUT2D eigenvalue weighted by Crippen LogP contribution is -2.23. The average molecular weight is 376 g/mol. The van der Waals surface area contributed by atoms with Gasteiger partial charge in [-0.3, -0.25) is 0 Å². The number of rotatable bonds is 3. The fourth-order valence-electron chi connectivity index (χ4n) is 3.30. The number of aromatic nitrogens is 4. The number of halogens is 3. The van der Waals surface area contributed by atoms with E-state index in [1.54, 1.807) is 0 Å². The van der Waals surface area contributed by atoms with Crippen LogP contribution in [0.25, 0.3) is 5.78 Å². The Kier molecular flexibility index (Phi) is 4.59. The average Bonchev–Trinajstić information content (AvgIpc) is 2.95. The zero-order valence-electron chi connectivity index (χ0n) is 14.6. The van der Waals surface area contributed by atoms with Crippen LogP contribution in [0.5, 0.6) is 0 Å². The van der Waals surface area contributed by atoms with Crippen molar-refractivity contribution in [1.82, 2.24) is 19.6 Å². The number of alkyl halides is 3. The summed E-state index contributed by atoms with van der Waals surface area (Å²) in [6.07, 6.45) is 1.39. The maximum absolute atomic E-state index is 13.1. The Morgan fingerprint density at radius 2 is 1.78 bits per heavy atom. The summed E-state index contributed by atoms with van der Waals surface area (Å²) in [5.74, 6) is 0.0637. The first-order chi connectivity index (χ1) is 13.0. The molecule has 0 radical (unpaired) electrons. The highest BCUT2D eigenvalue weighted by molar-refractivity contribution is 5.64. The van der Waals surface area contributed by atoms with Crippen LogP contribution in [-0.2, 0) is 6.18 Å². The highest BCUT2D eigenvalue weighted by Crippen LogP contribution is 2.31. The quantitative estimate of drug-likeness (QED) is 0.740. The molecule has 1 aliphatic heterocycles. The molecule has 0 amide bonds. The van der Waals surface area contributed by atoms with Gasteiger partial charge in [0.1, 0.15) is 12.1 Å². The molecule has 1 saturated heterocycles. The van der Waals surface area contributed by atoms with Crippen LogP contribution in [0.1, 0.15) is 31.4 Å². The first kappa shape index (κ1) is 17.6. The van der Waals surface area contributed by atoms with Crippen LogP contribution in [0, 0.1) is 0 Å². The second kappa shape index (κ2) is 7.05. The summed E-state index contributed by atoms with van der Waals surface area (Å²) >= 11 is 0. The molecule has 9 heteroatoms. The smallest absolute Gasteiger partial charge is 0.371 e. The van der Waals surface area contributed by atoms with Gasteiger partial charge in [0, 0.05) is 30.5 Å². The molecule has 0 spiro atoms. The van der Waals surface area contributed by atoms with Gasteiger partial charge in [0.05, 0.1) is 0 Å². The number of fused-ring (bicyclic) bond motifs is 1. The van der Waals surface area contributed by atoms with Crippen LogP contribution in [0.15, 0.2) is 36.7 Å². The van der Waals surface area contributed by atoms with Gasteiger partial charge in [-0.2, -0.15) is 27.8 Å². The van der Waals surface area contributed by atoms with Crippen molar-refractivity contribution in [3.8, 4) is 0 Å². The van der Waals surface area contributed by atoms with Crippen LogP contribution < -0.4 is 10.2 Å². The Bertz CT molecular complexity index is 928. The number of hydrogen-bond donors (Lipinski definition) is 1. The SMILES string of the molecule is FC(F)(F)c1cc(Nc2cccc(N3CCCCCC3)c2)n2ncnc2n1. The minimum Gasteiger partial charge on any atom is -0.371 e. The summed E-state index contributed by atoms with van der Waals surface area (Å²) in [6, 6.07) is 8.63. The fourth-order valence-corrected chi connectivity index (χ4v) is 3.30. The van der Waals surface area contributed by atoms with E-state index in [2.05, 4.69) is 25.3 Å². The van der Waals surface area contributed by atoms with Crippen LogP contribution in [0.3, 0.4) is 0 Å². The maximum Gasteiger partial charge on any atom is 0.433 e. The number of hydrogen-bond acceptors (Lipinski definition) is 5. The van der Waals surface area contributed by atoms with Gasteiger partial charge in [-0.05, 0) is 31.0 Å². The first-order valence-electron chi connectivity index (χ1n) is 8.91. The molecule has 1 N–H and O–H groups in total. The minimum atomic E-state index is -4.56. The molecule has 1 aliphatic rings. The van der Waals surface area contributed by atoms with Crippen LogP contribution in [0.4, 0.5) is 30.4 Å². The third-order valence-corrected chi connectivity index (χ3v) is 4.63. The minimum absolute atomic E-state index is 0.101. The number of nitrogens with one attached hydrogen (secondary N) is 1. The van der Waals surface area contributed by atoms with Gasteiger partial charge < -0.3 is 10.2 Å². The molecule has 142 valence electrons. The van der Waals surface area contributed by atoms with E-state index < -0.39 is 11.9 Å². The molecule has 0 saturated carbocycles. The zero-order valence-corrected chi connectivity index (χ0v) is 14.6. The molecule has 3 heterocycles. The predicted molar refractivity (Wildman–Crippen MR) is 96.2 cm³/mol. The highest BCUT2D eigenvalue weighted by atomic mass is 19.4. The number of benzene rings is 1. The van der Waals surface area contributed by atoms with Gasteiger partial charge >= 0.3 is 6.18 Å². The van der Waals surface area contributed by atoms with Crippen molar-refractivity contribution < 1.29 is 13.2 Å². The topological polar surface area (TPSA) is 58.4 Å². The van der Waals surface area contributed by atoms with Crippen molar-refractivity contribution in [2.45, 2.75) is 31.9 Å². The van der Waals surface area contributed by atoms with Crippen LogP contribution in [0.2, 0.25) is 0 Å². The third-order valence-electron chi connectivity index (χ3n) is 4.63. The van der Waals surface area contributed by atoms with Crippen LogP contribution >= 0.6 is 0 Å². The van der Waals surface area contributed by atoms with E-state index in [0.29, 0.717) is 5.69 Å². The monoisotopic (exact) mass is 376 g/mol. The molecule has 2 aromatic heterocycles. The standard InChI is InChI=1S/C18H19F3N6/c19-18(20,21)15-11-16(27-17(25-15)22-12-23-27)24-13-6-5-7-14(10-13)26-8-3-1-2-4-9-26/h5-7,10-12,24H,1-4,8-9H2. The van der Waals surface area contributed by atoms with Crippen molar-refractivity contribution in [2.24, 2.45) is 0 Å². The van der Waals surface area contributed by atoms with E-state index in [1.165, 1.54) is 23.7 Å². The lowest BCUT2D eigenvalue weighted by Gasteiger charge is -2.23. The largest absolute Gasteiger partial charge is 0.433 e. The van der Waals surface area contributed by atoms with Crippen molar-refractivity contribution in [1.29, 1.82) is 0 Å². The molecule has 0 bridgehead atoms. The Morgan fingerprint density at radius 3 is 2.52 bits per heavy atom. The molecular formula is C18H19F3N6. The van der Waals surface area contributed by atoms with Crippen LogP contribution in [-0.4, -0.2) is 32.7 Å². The summed E-state index contributed by atoms with van der Waals surface area (Å²) in [5, 5.41) is 7.00. The van der Waals surface area contributed by atoms with Gasteiger partial charge in [-0.1, -0.05) is 18.9 Å². The zero-order chi connectivity index (χ0) is 18.9. The lowest BCUT2D eigenvalue weighted by atomic mass is 10.2. The highest BCUT2D eigenvalue weighted by Gasteiger charge is 2.34. The molecule has 0 aliphatic carbocycles. The maximum atomic E-state index is 13.1. The Labute approximate surface area is 154 Å². The number of anilines is 3. The lowest BCUT2D eigenvalue weighted by molar-refractivity contribution is -0.141. The number of nitrogens with zero attached hydrogens (tertiary/aromatic N) is 5. The van der Waals surface area contributed by atoms with Crippen molar-refractivity contribution >= 4 is 23.0 Å². The second-order valence-corrected chi connectivity index (χ2v) is 6.57. The molecule has 1 aromatic carbocycles. The molecule has 1 fully saturated rings. The van der Waals surface area contributed by atoms with Gasteiger partial charge in [-0.15, -0.1) is 0 Å². The summed E-state index contributed by atoms with van der Waals surface area (Å²) in [7, 11) is 0. The van der Waals surface area contributed by atoms with E-state index >= 15 is 0 Å². The summed E-state index contributed by atoms with van der Waals surface area (Å²) in [6.45, 7) is 1.98. The predicted octanol–water partition coefficient (Wildman–Crippen LogP) is 4.27. The molecule has 3 aromatic rings. The Morgan fingerprint density at radius 1 is 1.00 bits per heavy atom. The second-order valence-electron chi connectivity index (χ2n) is 6.57. The van der Waals surface area contributed by atoms with E-state index in [0.717, 1.165) is 37.7 Å². The van der Waals surface area contributed by atoms with E-state index in [1.807, 2.05) is 24.3 Å².